The number of carbonyl (C=O) groups is 1. The van der Waals surface area contributed by atoms with E-state index < -0.39 is 20.8 Å². The van der Waals surface area contributed by atoms with E-state index in [1.54, 1.807) is 0 Å². The number of nitrogens with zero attached hydrogens (tertiary/aromatic N) is 2. The van der Waals surface area contributed by atoms with Crippen LogP contribution in [0.2, 0.25) is 5.02 Å². The Hall–Kier alpha value is -1.00. The summed E-state index contributed by atoms with van der Waals surface area (Å²) in [6.45, 7) is 4.33. The summed E-state index contributed by atoms with van der Waals surface area (Å²) in [5, 5.41) is 3.04. The van der Waals surface area contributed by atoms with Gasteiger partial charge in [-0.2, -0.15) is 4.31 Å². The standard InChI is InChI=1S/C18H26ClN3O4S2/c1-14-13-27(24)11-10-21(14)9-6-18(23)20-17-12-15(4-5-16(17)19)28(25,26)22-7-2-3-8-22/h4-5,12,14H,2-3,6-11,13H2,1H3,(H,20,23)/t14-,27+/m0/s1. The molecule has 28 heavy (non-hydrogen) atoms. The number of hydrogen-bond donors (Lipinski definition) is 1. The molecule has 0 unspecified atom stereocenters. The van der Waals surface area contributed by atoms with Gasteiger partial charge in [-0.25, -0.2) is 8.42 Å². The van der Waals surface area contributed by atoms with E-state index in [1.807, 2.05) is 6.92 Å². The van der Waals surface area contributed by atoms with E-state index >= 15 is 0 Å². The minimum Gasteiger partial charge on any atom is -0.325 e. The topological polar surface area (TPSA) is 86.8 Å². The highest BCUT2D eigenvalue weighted by Gasteiger charge is 2.28. The van der Waals surface area contributed by atoms with Crippen LogP contribution in [0.5, 0.6) is 0 Å². The fourth-order valence-corrected chi connectivity index (χ4v) is 6.59. The first-order valence-corrected chi connectivity index (χ1v) is 12.8. The lowest BCUT2D eigenvalue weighted by Crippen LogP contribution is -2.45. The molecule has 1 amide bonds. The lowest BCUT2D eigenvalue weighted by Gasteiger charge is -2.32. The summed E-state index contributed by atoms with van der Waals surface area (Å²) in [5.74, 6) is 1.04. The van der Waals surface area contributed by atoms with Gasteiger partial charge in [-0.3, -0.25) is 13.9 Å². The maximum absolute atomic E-state index is 12.7. The van der Waals surface area contributed by atoms with Gasteiger partial charge < -0.3 is 5.32 Å². The van der Waals surface area contributed by atoms with Crippen molar-refractivity contribution in [3.8, 4) is 0 Å². The van der Waals surface area contributed by atoms with Crippen molar-refractivity contribution in [2.24, 2.45) is 0 Å². The smallest absolute Gasteiger partial charge is 0.243 e. The molecule has 1 aromatic carbocycles. The SMILES string of the molecule is C[C@H]1C[S@](=O)CCN1CCC(=O)Nc1cc(S(=O)(=O)N2CCCC2)ccc1Cl. The molecule has 0 aliphatic carbocycles. The van der Waals surface area contributed by atoms with E-state index in [1.165, 1.54) is 22.5 Å². The molecule has 10 heteroatoms. The minimum atomic E-state index is -3.57. The van der Waals surface area contributed by atoms with Gasteiger partial charge in [-0.15, -0.1) is 0 Å². The molecule has 3 rings (SSSR count). The highest BCUT2D eigenvalue weighted by atomic mass is 35.5. The van der Waals surface area contributed by atoms with Gasteiger partial charge in [-0.1, -0.05) is 11.6 Å². The summed E-state index contributed by atoms with van der Waals surface area (Å²) >= 11 is 6.17. The second-order valence-electron chi connectivity index (χ2n) is 7.25. The Balaban J connectivity index is 1.63. The van der Waals surface area contributed by atoms with Gasteiger partial charge in [0.15, 0.2) is 0 Å². The third kappa shape index (κ3) is 5.13. The van der Waals surface area contributed by atoms with Gasteiger partial charge in [0.05, 0.1) is 15.6 Å². The first kappa shape index (κ1) is 21.7. The van der Waals surface area contributed by atoms with Crippen molar-refractivity contribution in [1.29, 1.82) is 0 Å². The summed E-state index contributed by atoms with van der Waals surface area (Å²) in [4.78, 5) is 14.7. The van der Waals surface area contributed by atoms with Crippen LogP contribution in [0, 0.1) is 0 Å². The van der Waals surface area contributed by atoms with E-state index in [0.717, 1.165) is 12.8 Å². The monoisotopic (exact) mass is 447 g/mol. The van der Waals surface area contributed by atoms with Gasteiger partial charge in [-0.05, 0) is 38.0 Å². The minimum absolute atomic E-state index is 0.140. The predicted octanol–water partition coefficient (Wildman–Crippen LogP) is 1.91. The Labute approximate surface area is 173 Å². The lowest BCUT2D eigenvalue weighted by molar-refractivity contribution is -0.116. The third-order valence-corrected chi connectivity index (χ3v) is 8.91. The van der Waals surface area contributed by atoms with Crippen LogP contribution in [-0.2, 0) is 25.6 Å². The number of amides is 1. The Morgan fingerprint density at radius 3 is 2.68 bits per heavy atom. The molecule has 1 aromatic rings. The van der Waals surface area contributed by atoms with Crippen LogP contribution in [0.1, 0.15) is 26.2 Å². The van der Waals surface area contributed by atoms with Crippen molar-refractivity contribution in [3.05, 3.63) is 23.2 Å². The van der Waals surface area contributed by atoms with Crippen LogP contribution in [0.4, 0.5) is 5.69 Å². The summed E-state index contributed by atoms with van der Waals surface area (Å²) in [6.07, 6.45) is 1.98. The molecule has 2 saturated heterocycles. The molecule has 1 N–H and O–H groups in total. The first-order valence-electron chi connectivity index (χ1n) is 9.46. The molecule has 2 atom stereocenters. The molecule has 2 aliphatic heterocycles. The van der Waals surface area contributed by atoms with Gasteiger partial charge >= 0.3 is 0 Å². The average Bonchev–Trinajstić information content (AvgIpc) is 3.18. The molecule has 2 fully saturated rings. The number of benzene rings is 1. The van der Waals surface area contributed by atoms with Crippen LogP contribution in [0.25, 0.3) is 0 Å². The van der Waals surface area contributed by atoms with Gasteiger partial charge in [0.25, 0.3) is 0 Å². The maximum atomic E-state index is 12.7. The molecular formula is C18H26ClN3O4S2. The summed E-state index contributed by atoms with van der Waals surface area (Å²) in [5.41, 5.74) is 0.305. The Morgan fingerprint density at radius 1 is 1.29 bits per heavy atom. The Kier molecular flexibility index (Phi) is 7.14. The fourth-order valence-electron chi connectivity index (χ4n) is 3.53. The van der Waals surface area contributed by atoms with Crippen LogP contribution in [-0.4, -0.2) is 71.5 Å². The van der Waals surface area contributed by atoms with E-state index in [9.17, 15) is 17.4 Å². The van der Waals surface area contributed by atoms with E-state index in [0.29, 0.717) is 48.4 Å². The van der Waals surface area contributed by atoms with Crippen molar-refractivity contribution in [2.75, 3.05) is 43.0 Å². The third-order valence-electron chi connectivity index (χ3n) is 5.20. The van der Waals surface area contributed by atoms with E-state index in [2.05, 4.69) is 10.2 Å². The quantitative estimate of drug-likeness (QED) is 0.719. The molecule has 2 heterocycles. The normalized spacial score (nSPS) is 24.4. The molecule has 0 radical (unpaired) electrons. The zero-order chi connectivity index (χ0) is 20.3. The van der Waals surface area contributed by atoms with Crippen molar-refractivity contribution in [2.45, 2.75) is 37.1 Å². The molecule has 0 saturated carbocycles. The number of anilines is 1. The molecule has 0 spiro atoms. The van der Waals surface area contributed by atoms with Gasteiger partial charge in [0, 0.05) is 60.9 Å². The summed E-state index contributed by atoms with van der Waals surface area (Å²) in [7, 11) is -4.34. The highest BCUT2D eigenvalue weighted by Crippen LogP contribution is 2.28. The number of carbonyl (C=O) groups excluding carboxylic acids is 1. The second-order valence-corrected chi connectivity index (χ2v) is 11.2. The van der Waals surface area contributed by atoms with Gasteiger partial charge in [0.1, 0.15) is 0 Å². The van der Waals surface area contributed by atoms with Crippen LogP contribution in [0.15, 0.2) is 23.1 Å². The first-order chi connectivity index (χ1) is 13.3. The van der Waals surface area contributed by atoms with E-state index in [4.69, 9.17) is 11.6 Å². The molecular weight excluding hydrogens is 422 g/mol. The van der Waals surface area contributed by atoms with Crippen LogP contribution in [0.3, 0.4) is 0 Å². The number of halogens is 1. The zero-order valence-electron chi connectivity index (χ0n) is 15.9. The lowest BCUT2D eigenvalue weighted by atomic mass is 10.2. The largest absolute Gasteiger partial charge is 0.325 e. The molecule has 0 bridgehead atoms. The Morgan fingerprint density at radius 2 is 2.00 bits per heavy atom. The molecule has 156 valence electrons. The van der Waals surface area contributed by atoms with Crippen molar-refractivity contribution >= 4 is 44.0 Å². The summed E-state index contributed by atoms with van der Waals surface area (Å²) in [6, 6.07) is 4.59. The van der Waals surface area contributed by atoms with Crippen LogP contribution < -0.4 is 5.32 Å². The second kappa shape index (κ2) is 9.21. The van der Waals surface area contributed by atoms with Crippen molar-refractivity contribution in [3.63, 3.8) is 0 Å². The van der Waals surface area contributed by atoms with E-state index in [-0.39, 0.29) is 23.3 Å². The molecule has 7 nitrogen and oxygen atoms in total. The number of rotatable bonds is 6. The zero-order valence-corrected chi connectivity index (χ0v) is 18.3. The van der Waals surface area contributed by atoms with Gasteiger partial charge in [0.2, 0.25) is 15.9 Å². The summed E-state index contributed by atoms with van der Waals surface area (Å²) < 4.78 is 38.5. The van der Waals surface area contributed by atoms with Crippen LogP contribution >= 0.6 is 11.6 Å². The molecule has 2 aliphatic rings. The number of sulfonamides is 1. The maximum Gasteiger partial charge on any atom is 0.243 e. The average molecular weight is 448 g/mol. The fraction of sp³-hybridized carbons (Fsp3) is 0.611. The highest BCUT2D eigenvalue weighted by molar-refractivity contribution is 7.89. The molecule has 0 aromatic heterocycles. The number of nitrogens with one attached hydrogen (secondary N) is 1. The van der Waals surface area contributed by atoms with Crippen molar-refractivity contribution < 1.29 is 17.4 Å². The predicted molar refractivity (Wildman–Crippen MR) is 112 cm³/mol. The number of hydrogen-bond acceptors (Lipinski definition) is 5. The Bertz CT molecular complexity index is 856. The van der Waals surface area contributed by atoms with Crippen molar-refractivity contribution in [1.82, 2.24) is 9.21 Å².